The Kier molecular flexibility index (Phi) is 7.08. The van der Waals surface area contributed by atoms with Crippen LogP contribution in [0.25, 0.3) is 0 Å². The van der Waals surface area contributed by atoms with E-state index in [-0.39, 0.29) is 0 Å². The summed E-state index contributed by atoms with van der Waals surface area (Å²) >= 11 is 0. The zero-order valence-electron chi connectivity index (χ0n) is 13.7. The number of ether oxygens (including phenoxy) is 1. The predicted molar refractivity (Wildman–Crippen MR) is 89.8 cm³/mol. The van der Waals surface area contributed by atoms with Crippen molar-refractivity contribution in [2.45, 2.75) is 64.8 Å². The van der Waals surface area contributed by atoms with E-state index in [4.69, 9.17) is 4.74 Å². The number of hydrogen-bond acceptors (Lipinski definition) is 2. The lowest BCUT2D eigenvalue weighted by atomic mass is 9.93. The molecule has 1 aromatic carbocycles. The van der Waals surface area contributed by atoms with Crippen LogP contribution in [0, 0.1) is 5.92 Å². The molecule has 0 amide bonds. The zero-order chi connectivity index (χ0) is 14.9. The van der Waals surface area contributed by atoms with E-state index in [2.05, 4.69) is 43.4 Å². The third-order valence-electron chi connectivity index (χ3n) is 4.54. The number of nitrogens with one attached hydrogen (secondary N) is 1. The van der Waals surface area contributed by atoms with Gasteiger partial charge in [-0.05, 0) is 43.0 Å². The molecule has 0 spiro atoms. The van der Waals surface area contributed by atoms with E-state index >= 15 is 0 Å². The van der Waals surface area contributed by atoms with Crippen LogP contribution < -0.4 is 10.1 Å². The van der Waals surface area contributed by atoms with Crippen molar-refractivity contribution < 1.29 is 4.74 Å². The topological polar surface area (TPSA) is 21.3 Å². The molecule has 1 saturated carbocycles. The second-order valence-corrected chi connectivity index (χ2v) is 6.27. The fourth-order valence-electron chi connectivity index (χ4n) is 3.29. The van der Waals surface area contributed by atoms with Crippen molar-refractivity contribution in [2.24, 2.45) is 5.92 Å². The van der Waals surface area contributed by atoms with Crippen LogP contribution >= 0.6 is 0 Å². The predicted octanol–water partition coefficient (Wildman–Crippen LogP) is 5.10. The third kappa shape index (κ3) is 5.35. The molecular weight excluding hydrogens is 258 g/mol. The van der Waals surface area contributed by atoms with Gasteiger partial charge in [-0.15, -0.1) is 0 Å². The molecule has 0 saturated heterocycles. The fourth-order valence-corrected chi connectivity index (χ4v) is 3.29. The van der Waals surface area contributed by atoms with E-state index in [1.54, 1.807) is 0 Å². The molecule has 1 aliphatic carbocycles. The molecule has 2 rings (SSSR count). The van der Waals surface area contributed by atoms with Gasteiger partial charge < -0.3 is 10.1 Å². The maximum absolute atomic E-state index is 5.75. The molecule has 0 heterocycles. The first-order valence-corrected chi connectivity index (χ1v) is 8.79. The van der Waals surface area contributed by atoms with Gasteiger partial charge in [0.15, 0.2) is 0 Å². The van der Waals surface area contributed by atoms with Gasteiger partial charge in [-0.3, -0.25) is 0 Å². The number of unbranched alkanes of at least 4 members (excludes halogenated alkanes) is 1. The van der Waals surface area contributed by atoms with Crippen molar-refractivity contribution in [3.63, 3.8) is 0 Å². The summed E-state index contributed by atoms with van der Waals surface area (Å²) in [5.74, 6) is 1.91. The highest BCUT2D eigenvalue weighted by atomic mass is 16.5. The average Bonchev–Trinajstić information content (AvgIpc) is 3.01. The third-order valence-corrected chi connectivity index (χ3v) is 4.54. The summed E-state index contributed by atoms with van der Waals surface area (Å²) in [6, 6.07) is 9.24. The molecule has 0 aromatic heterocycles. The van der Waals surface area contributed by atoms with E-state index in [1.165, 1.54) is 44.1 Å². The summed E-state index contributed by atoms with van der Waals surface area (Å²) in [6.07, 6.45) is 9.27. The quantitative estimate of drug-likeness (QED) is 0.639. The van der Waals surface area contributed by atoms with Gasteiger partial charge in [0.2, 0.25) is 0 Å². The molecule has 2 nitrogen and oxygen atoms in total. The normalized spacial score (nSPS) is 17.0. The molecule has 118 valence electrons. The Hall–Kier alpha value is -1.02. The number of hydrogen-bond donors (Lipinski definition) is 1. The summed E-state index contributed by atoms with van der Waals surface area (Å²) in [5.41, 5.74) is 1.41. The zero-order valence-corrected chi connectivity index (χ0v) is 13.7. The van der Waals surface area contributed by atoms with E-state index < -0.39 is 0 Å². The molecule has 2 heteroatoms. The lowest BCUT2D eigenvalue weighted by molar-refractivity contribution is 0.309. The molecule has 0 aliphatic heterocycles. The lowest BCUT2D eigenvalue weighted by Crippen LogP contribution is -2.23. The molecule has 1 fully saturated rings. The van der Waals surface area contributed by atoms with E-state index in [9.17, 15) is 0 Å². The molecule has 1 unspecified atom stereocenters. The number of benzene rings is 1. The van der Waals surface area contributed by atoms with Crippen molar-refractivity contribution in [2.75, 3.05) is 13.2 Å². The molecule has 1 atom stereocenters. The lowest BCUT2D eigenvalue weighted by Gasteiger charge is -2.22. The van der Waals surface area contributed by atoms with Crippen molar-refractivity contribution in [1.29, 1.82) is 0 Å². The number of rotatable bonds is 9. The Labute approximate surface area is 130 Å². The first kappa shape index (κ1) is 16.4. The molecule has 21 heavy (non-hydrogen) atoms. The van der Waals surface area contributed by atoms with Gasteiger partial charge >= 0.3 is 0 Å². The maximum atomic E-state index is 5.75. The standard InChI is InChI=1S/C19H31NO/c1-3-5-14-21-18-12-10-17(11-13-18)19(20-4-2)15-16-8-6-7-9-16/h10-13,16,19-20H,3-9,14-15H2,1-2H3. The Morgan fingerprint density at radius 2 is 1.86 bits per heavy atom. The average molecular weight is 289 g/mol. The highest BCUT2D eigenvalue weighted by Gasteiger charge is 2.20. The Morgan fingerprint density at radius 3 is 2.48 bits per heavy atom. The second kappa shape index (κ2) is 9.09. The largest absolute Gasteiger partial charge is 0.494 e. The minimum atomic E-state index is 0.503. The van der Waals surface area contributed by atoms with Crippen LogP contribution in [0.5, 0.6) is 5.75 Å². The van der Waals surface area contributed by atoms with Crippen LogP contribution in [0.2, 0.25) is 0 Å². The SMILES string of the molecule is CCCCOc1ccc(C(CC2CCCC2)NCC)cc1. The molecule has 1 aliphatic rings. The van der Waals surface area contributed by atoms with Gasteiger partial charge in [0, 0.05) is 6.04 Å². The van der Waals surface area contributed by atoms with Crippen LogP contribution in [0.4, 0.5) is 0 Å². The summed E-state index contributed by atoms with van der Waals surface area (Å²) in [7, 11) is 0. The monoisotopic (exact) mass is 289 g/mol. The highest BCUT2D eigenvalue weighted by molar-refractivity contribution is 5.29. The van der Waals surface area contributed by atoms with Crippen molar-refractivity contribution in [1.82, 2.24) is 5.32 Å². The van der Waals surface area contributed by atoms with Crippen LogP contribution in [0.1, 0.15) is 70.4 Å². The first-order chi connectivity index (χ1) is 10.3. The van der Waals surface area contributed by atoms with E-state index in [1.807, 2.05) is 0 Å². The van der Waals surface area contributed by atoms with Gasteiger partial charge in [0.1, 0.15) is 5.75 Å². The van der Waals surface area contributed by atoms with Crippen LogP contribution in [0.3, 0.4) is 0 Å². The Balaban J connectivity index is 1.92. The summed E-state index contributed by atoms with van der Waals surface area (Å²) in [6.45, 7) is 6.25. The van der Waals surface area contributed by atoms with Gasteiger partial charge in [0.05, 0.1) is 6.61 Å². The van der Waals surface area contributed by atoms with E-state index in [0.29, 0.717) is 6.04 Å². The van der Waals surface area contributed by atoms with Crippen LogP contribution in [0.15, 0.2) is 24.3 Å². The van der Waals surface area contributed by atoms with Gasteiger partial charge in [0.25, 0.3) is 0 Å². The Bertz CT molecular complexity index is 381. The second-order valence-electron chi connectivity index (χ2n) is 6.27. The summed E-state index contributed by atoms with van der Waals surface area (Å²) in [4.78, 5) is 0. The summed E-state index contributed by atoms with van der Waals surface area (Å²) in [5, 5.41) is 3.66. The van der Waals surface area contributed by atoms with Crippen molar-refractivity contribution in [3.8, 4) is 5.75 Å². The maximum Gasteiger partial charge on any atom is 0.119 e. The minimum absolute atomic E-state index is 0.503. The first-order valence-electron chi connectivity index (χ1n) is 8.79. The van der Waals surface area contributed by atoms with Crippen LogP contribution in [-0.4, -0.2) is 13.2 Å². The van der Waals surface area contributed by atoms with Gasteiger partial charge in [-0.1, -0.05) is 58.1 Å². The van der Waals surface area contributed by atoms with Gasteiger partial charge in [-0.2, -0.15) is 0 Å². The smallest absolute Gasteiger partial charge is 0.119 e. The molecule has 0 bridgehead atoms. The van der Waals surface area contributed by atoms with Crippen molar-refractivity contribution >= 4 is 0 Å². The Morgan fingerprint density at radius 1 is 1.14 bits per heavy atom. The van der Waals surface area contributed by atoms with Gasteiger partial charge in [-0.25, -0.2) is 0 Å². The minimum Gasteiger partial charge on any atom is -0.494 e. The molecule has 1 N–H and O–H groups in total. The highest BCUT2D eigenvalue weighted by Crippen LogP contribution is 2.33. The fraction of sp³-hybridized carbons (Fsp3) is 0.684. The van der Waals surface area contributed by atoms with E-state index in [0.717, 1.165) is 31.2 Å². The molecular formula is C19H31NO. The van der Waals surface area contributed by atoms with Crippen LogP contribution in [-0.2, 0) is 0 Å². The van der Waals surface area contributed by atoms with Crippen molar-refractivity contribution in [3.05, 3.63) is 29.8 Å². The molecule has 0 radical (unpaired) electrons. The summed E-state index contributed by atoms with van der Waals surface area (Å²) < 4.78 is 5.75. The molecule has 1 aromatic rings.